The van der Waals surface area contributed by atoms with Crippen molar-refractivity contribution in [3.63, 3.8) is 0 Å². The van der Waals surface area contributed by atoms with E-state index in [2.05, 4.69) is 5.32 Å². The molecule has 0 saturated carbocycles. The molecule has 0 aliphatic heterocycles. The summed E-state index contributed by atoms with van der Waals surface area (Å²) in [6.07, 6.45) is 0. The number of nitro benzene ring substituents is 2. The highest BCUT2D eigenvalue weighted by Crippen LogP contribution is 2.30. The van der Waals surface area contributed by atoms with Gasteiger partial charge in [0.15, 0.2) is 0 Å². The summed E-state index contributed by atoms with van der Waals surface area (Å²) in [5.74, 6) is 0. The van der Waals surface area contributed by atoms with Crippen LogP contribution in [0.3, 0.4) is 0 Å². The van der Waals surface area contributed by atoms with E-state index in [-0.39, 0.29) is 17.9 Å². The average molecular weight is 352 g/mol. The van der Waals surface area contributed by atoms with Crippen molar-refractivity contribution in [1.82, 2.24) is 0 Å². The quantitative estimate of drug-likeness (QED) is 0.607. The Morgan fingerprint density at radius 3 is 2.46 bits per heavy atom. The monoisotopic (exact) mass is 351 g/mol. The van der Waals surface area contributed by atoms with Gasteiger partial charge in [-0.25, -0.2) is 0 Å². The maximum atomic E-state index is 11.1. The Balaban J connectivity index is 2.25. The SMILES string of the molecule is CC(O)(CNc1ccc([N+](=O)[O-])cc1[N+](=O)[O-])c1cccc(Cl)c1. The normalized spacial score (nSPS) is 13.1. The molecule has 2 rings (SSSR count). The van der Waals surface area contributed by atoms with Gasteiger partial charge in [0.1, 0.15) is 11.3 Å². The molecule has 0 heterocycles. The molecule has 24 heavy (non-hydrogen) atoms. The van der Waals surface area contributed by atoms with Gasteiger partial charge in [-0.2, -0.15) is 0 Å². The Morgan fingerprint density at radius 2 is 1.88 bits per heavy atom. The molecule has 0 fully saturated rings. The summed E-state index contributed by atoms with van der Waals surface area (Å²) in [4.78, 5) is 20.4. The number of nitrogens with one attached hydrogen (secondary N) is 1. The Morgan fingerprint density at radius 1 is 1.17 bits per heavy atom. The fourth-order valence-electron chi connectivity index (χ4n) is 2.13. The lowest BCUT2D eigenvalue weighted by atomic mass is 9.96. The number of aliphatic hydroxyl groups is 1. The van der Waals surface area contributed by atoms with E-state index in [1.807, 2.05) is 0 Å². The second-order valence-corrected chi connectivity index (χ2v) is 5.79. The maximum Gasteiger partial charge on any atom is 0.299 e. The van der Waals surface area contributed by atoms with Gasteiger partial charge >= 0.3 is 0 Å². The van der Waals surface area contributed by atoms with Crippen molar-refractivity contribution in [1.29, 1.82) is 0 Å². The summed E-state index contributed by atoms with van der Waals surface area (Å²) < 4.78 is 0. The minimum absolute atomic E-state index is 0.0496. The molecule has 2 aromatic carbocycles. The topological polar surface area (TPSA) is 119 Å². The largest absolute Gasteiger partial charge is 0.384 e. The highest BCUT2D eigenvalue weighted by Gasteiger charge is 2.26. The molecule has 8 nitrogen and oxygen atoms in total. The molecule has 1 unspecified atom stereocenters. The molecule has 0 saturated heterocycles. The lowest BCUT2D eigenvalue weighted by Crippen LogP contribution is -2.30. The highest BCUT2D eigenvalue weighted by molar-refractivity contribution is 6.30. The van der Waals surface area contributed by atoms with Crippen molar-refractivity contribution < 1.29 is 15.0 Å². The second-order valence-electron chi connectivity index (χ2n) is 5.35. The van der Waals surface area contributed by atoms with Crippen LogP contribution < -0.4 is 5.32 Å². The Bertz CT molecular complexity index is 794. The van der Waals surface area contributed by atoms with Gasteiger partial charge in [-0.15, -0.1) is 0 Å². The van der Waals surface area contributed by atoms with Crippen LogP contribution in [0.1, 0.15) is 12.5 Å². The zero-order chi connectivity index (χ0) is 17.9. The van der Waals surface area contributed by atoms with E-state index in [9.17, 15) is 25.3 Å². The molecule has 0 aliphatic rings. The van der Waals surface area contributed by atoms with E-state index in [1.165, 1.54) is 13.0 Å². The standard InChI is InChI=1S/C15H14ClN3O5/c1-15(20,10-3-2-4-11(16)7-10)9-17-13-6-5-12(18(21)22)8-14(13)19(23)24/h2-8,17,20H,9H2,1H3. The van der Waals surface area contributed by atoms with Crippen LogP contribution in [0.5, 0.6) is 0 Å². The zero-order valence-corrected chi connectivity index (χ0v) is 13.4. The molecule has 0 amide bonds. The molecule has 0 bridgehead atoms. The molecule has 0 spiro atoms. The number of rotatable bonds is 6. The molecule has 0 aromatic heterocycles. The van der Waals surface area contributed by atoms with Crippen molar-refractivity contribution in [2.45, 2.75) is 12.5 Å². The third-order valence-corrected chi connectivity index (χ3v) is 3.69. The number of nitrogens with zero attached hydrogens (tertiary/aromatic N) is 2. The van der Waals surface area contributed by atoms with Gasteiger partial charge in [0.2, 0.25) is 0 Å². The van der Waals surface area contributed by atoms with E-state index in [0.29, 0.717) is 10.6 Å². The lowest BCUT2D eigenvalue weighted by Gasteiger charge is -2.25. The number of nitro groups is 2. The lowest BCUT2D eigenvalue weighted by molar-refractivity contribution is -0.393. The van der Waals surface area contributed by atoms with E-state index in [1.54, 1.807) is 24.3 Å². The Kier molecular flexibility index (Phi) is 5.01. The summed E-state index contributed by atoms with van der Waals surface area (Å²) in [5.41, 5.74) is -1.56. The van der Waals surface area contributed by atoms with Crippen LogP contribution in [0.4, 0.5) is 17.1 Å². The molecule has 126 valence electrons. The molecular formula is C15H14ClN3O5. The summed E-state index contributed by atoms with van der Waals surface area (Å²) in [7, 11) is 0. The van der Waals surface area contributed by atoms with Crippen LogP contribution in [-0.4, -0.2) is 21.5 Å². The number of non-ortho nitro benzene ring substituents is 1. The number of anilines is 1. The van der Waals surface area contributed by atoms with E-state index < -0.39 is 21.1 Å². The van der Waals surface area contributed by atoms with Gasteiger partial charge in [-0.3, -0.25) is 20.2 Å². The Labute approximate surface area is 142 Å². The molecule has 0 radical (unpaired) electrons. The van der Waals surface area contributed by atoms with Crippen LogP contribution in [0.15, 0.2) is 42.5 Å². The number of hydrogen-bond donors (Lipinski definition) is 2. The van der Waals surface area contributed by atoms with Gasteiger partial charge in [0.25, 0.3) is 11.4 Å². The van der Waals surface area contributed by atoms with Crippen molar-refractivity contribution in [3.8, 4) is 0 Å². The number of halogens is 1. The molecule has 1 atom stereocenters. The fourth-order valence-corrected chi connectivity index (χ4v) is 2.32. The van der Waals surface area contributed by atoms with Gasteiger partial charge in [0, 0.05) is 17.6 Å². The smallest absolute Gasteiger partial charge is 0.299 e. The Hall–Kier alpha value is -2.71. The molecule has 2 aromatic rings. The minimum atomic E-state index is -1.35. The third-order valence-electron chi connectivity index (χ3n) is 3.46. The number of hydrogen-bond acceptors (Lipinski definition) is 6. The fraction of sp³-hybridized carbons (Fsp3) is 0.200. The van der Waals surface area contributed by atoms with Crippen molar-refractivity contribution >= 4 is 28.7 Å². The summed E-state index contributed by atoms with van der Waals surface area (Å²) in [6.45, 7) is 1.48. The summed E-state index contributed by atoms with van der Waals surface area (Å²) >= 11 is 5.90. The van der Waals surface area contributed by atoms with Crippen LogP contribution in [-0.2, 0) is 5.60 Å². The molecule has 2 N–H and O–H groups in total. The van der Waals surface area contributed by atoms with E-state index in [0.717, 1.165) is 12.1 Å². The first-order chi connectivity index (χ1) is 11.2. The van der Waals surface area contributed by atoms with Gasteiger partial charge in [-0.05, 0) is 30.7 Å². The first kappa shape index (κ1) is 17.6. The average Bonchev–Trinajstić information content (AvgIpc) is 2.52. The van der Waals surface area contributed by atoms with Crippen LogP contribution >= 0.6 is 11.6 Å². The first-order valence-corrected chi connectivity index (χ1v) is 7.23. The molecule has 0 aliphatic carbocycles. The van der Waals surface area contributed by atoms with Crippen LogP contribution in [0.2, 0.25) is 5.02 Å². The molecular weight excluding hydrogens is 338 g/mol. The van der Waals surface area contributed by atoms with Crippen LogP contribution in [0, 0.1) is 20.2 Å². The highest BCUT2D eigenvalue weighted by atomic mass is 35.5. The number of benzene rings is 2. The first-order valence-electron chi connectivity index (χ1n) is 6.86. The predicted molar refractivity (Wildman–Crippen MR) is 89.3 cm³/mol. The van der Waals surface area contributed by atoms with Gasteiger partial charge < -0.3 is 10.4 Å². The minimum Gasteiger partial charge on any atom is -0.384 e. The predicted octanol–water partition coefficient (Wildman–Crippen LogP) is 3.48. The van der Waals surface area contributed by atoms with Gasteiger partial charge in [0.05, 0.1) is 15.9 Å². The van der Waals surface area contributed by atoms with Crippen molar-refractivity contribution in [2.75, 3.05) is 11.9 Å². The van der Waals surface area contributed by atoms with E-state index >= 15 is 0 Å². The van der Waals surface area contributed by atoms with Crippen molar-refractivity contribution in [3.05, 3.63) is 73.3 Å². The summed E-state index contributed by atoms with van der Waals surface area (Å²) in [6, 6.07) is 9.88. The van der Waals surface area contributed by atoms with Gasteiger partial charge in [-0.1, -0.05) is 23.7 Å². The third kappa shape index (κ3) is 3.98. The zero-order valence-electron chi connectivity index (χ0n) is 12.6. The molecule has 9 heteroatoms. The summed E-state index contributed by atoms with van der Waals surface area (Å²) in [5, 5.41) is 35.6. The van der Waals surface area contributed by atoms with E-state index in [4.69, 9.17) is 11.6 Å². The second kappa shape index (κ2) is 6.81. The van der Waals surface area contributed by atoms with Crippen molar-refractivity contribution in [2.24, 2.45) is 0 Å². The maximum absolute atomic E-state index is 11.1. The van der Waals surface area contributed by atoms with Crippen LogP contribution in [0.25, 0.3) is 0 Å².